The SMILES string of the molecule is CC1=CC(C)[C]([Zr+2]([C]2=C(C)c3cc4c(cc3C2(C)C)Cc2cc3c(cc2-4)C(C)=CC3(C)C)=[C](C)C)=C1.[Cl-].[Cl-]. The molecule has 2 aromatic carbocycles. The fourth-order valence-corrected chi connectivity index (χ4v) is 16.5. The summed E-state index contributed by atoms with van der Waals surface area (Å²) in [6.45, 7) is 24.0. The van der Waals surface area contributed by atoms with Crippen LogP contribution in [-0.2, 0) is 38.5 Å². The molecule has 0 spiro atoms. The maximum absolute atomic E-state index is 2.60. The largest absolute Gasteiger partial charge is 1.00 e. The molecule has 0 aliphatic heterocycles. The molecular weight excluding hydrogens is 583 g/mol. The van der Waals surface area contributed by atoms with E-state index < -0.39 is 21.3 Å². The van der Waals surface area contributed by atoms with Crippen LogP contribution in [0.5, 0.6) is 0 Å². The van der Waals surface area contributed by atoms with Gasteiger partial charge in [0.2, 0.25) is 0 Å². The Morgan fingerprint density at radius 3 is 1.95 bits per heavy atom. The van der Waals surface area contributed by atoms with Gasteiger partial charge in [-0.05, 0) is 0 Å². The fraction of sp³-hybridized carbons (Fsp3) is 0.400. The van der Waals surface area contributed by atoms with E-state index in [9.17, 15) is 0 Å². The molecule has 38 heavy (non-hydrogen) atoms. The van der Waals surface area contributed by atoms with Gasteiger partial charge in [0.25, 0.3) is 0 Å². The second-order valence-electron chi connectivity index (χ2n) is 13.1. The molecule has 1 unspecified atom stereocenters. The Bertz CT molecular complexity index is 1550. The van der Waals surface area contributed by atoms with Crippen molar-refractivity contribution in [1.29, 1.82) is 0 Å². The number of allylic oxidation sites excluding steroid dienone is 8. The zero-order valence-corrected chi connectivity index (χ0v) is 28.6. The van der Waals surface area contributed by atoms with Crippen LogP contribution in [0.4, 0.5) is 0 Å². The molecule has 4 aliphatic rings. The van der Waals surface area contributed by atoms with Crippen molar-refractivity contribution in [3.05, 3.63) is 88.0 Å². The summed E-state index contributed by atoms with van der Waals surface area (Å²) in [6, 6.07) is 10.2. The Kier molecular flexibility index (Phi) is 7.57. The minimum Gasteiger partial charge on any atom is -1.00 e. The van der Waals surface area contributed by atoms with Crippen molar-refractivity contribution in [3.63, 3.8) is 0 Å². The van der Waals surface area contributed by atoms with E-state index in [0.717, 1.165) is 6.42 Å². The smallest absolute Gasteiger partial charge is 1.00 e. The number of hydrogen-bond donors (Lipinski definition) is 0. The fourth-order valence-electron chi connectivity index (χ4n) is 7.80. The first-order valence-electron chi connectivity index (χ1n) is 13.7. The summed E-state index contributed by atoms with van der Waals surface area (Å²) >= 11 is -2.16. The molecule has 0 fully saturated rings. The van der Waals surface area contributed by atoms with Gasteiger partial charge in [-0.1, -0.05) is 0 Å². The number of benzene rings is 2. The quantitative estimate of drug-likeness (QED) is 0.412. The first-order valence-corrected chi connectivity index (χ1v) is 17.3. The summed E-state index contributed by atoms with van der Waals surface area (Å²) in [5.74, 6) is 0.591. The molecule has 0 nitrogen and oxygen atoms in total. The summed E-state index contributed by atoms with van der Waals surface area (Å²) in [4.78, 5) is 0. The molecule has 3 heteroatoms. The average molecular weight is 623 g/mol. The topological polar surface area (TPSA) is 0 Å². The minimum absolute atomic E-state index is 0. The first kappa shape index (κ1) is 29.7. The van der Waals surface area contributed by atoms with Gasteiger partial charge in [0.05, 0.1) is 0 Å². The van der Waals surface area contributed by atoms with E-state index in [4.69, 9.17) is 0 Å². The summed E-state index contributed by atoms with van der Waals surface area (Å²) in [6.07, 6.45) is 8.54. The van der Waals surface area contributed by atoms with E-state index >= 15 is 0 Å². The van der Waals surface area contributed by atoms with E-state index in [1.807, 2.05) is 0 Å². The van der Waals surface area contributed by atoms with Crippen LogP contribution in [0.25, 0.3) is 22.3 Å². The molecule has 0 heterocycles. The van der Waals surface area contributed by atoms with Crippen LogP contribution in [0.3, 0.4) is 0 Å². The Balaban J connectivity index is 0.00000168. The van der Waals surface area contributed by atoms with Crippen molar-refractivity contribution >= 4 is 14.4 Å². The summed E-state index contributed by atoms with van der Waals surface area (Å²) in [7, 11) is 0. The first-order chi connectivity index (χ1) is 16.8. The predicted octanol–water partition coefficient (Wildman–Crippen LogP) is 3.29. The molecule has 0 amide bonds. The van der Waals surface area contributed by atoms with Crippen LogP contribution in [0, 0.1) is 5.92 Å². The van der Waals surface area contributed by atoms with Crippen molar-refractivity contribution in [2.24, 2.45) is 5.92 Å². The van der Waals surface area contributed by atoms with E-state index in [0.29, 0.717) is 5.92 Å². The van der Waals surface area contributed by atoms with Crippen molar-refractivity contribution in [3.8, 4) is 11.1 Å². The van der Waals surface area contributed by atoms with Crippen LogP contribution in [0.2, 0.25) is 0 Å². The van der Waals surface area contributed by atoms with Gasteiger partial charge in [-0.25, -0.2) is 0 Å². The van der Waals surface area contributed by atoms with E-state index in [1.54, 1.807) is 20.9 Å². The zero-order chi connectivity index (χ0) is 25.9. The van der Waals surface area contributed by atoms with Crippen molar-refractivity contribution < 1.29 is 46.1 Å². The molecule has 2 aromatic rings. The summed E-state index contributed by atoms with van der Waals surface area (Å²) in [5.41, 5.74) is 16.8. The third kappa shape index (κ3) is 4.14. The second-order valence-corrected chi connectivity index (χ2v) is 20.1. The molecule has 0 saturated carbocycles. The molecule has 6 rings (SSSR count). The van der Waals surface area contributed by atoms with Gasteiger partial charge in [0.1, 0.15) is 0 Å². The Hall–Kier alpha value is -1.27. The molecule has 4 aliphatic carbocycles. The van der Waals surface area contributed by atoms with E-state index in [2.05, 4.69) is 112 Å². The van der Waals surface area contributed by atoms with E-state index in [-0.39, 0.29) is 35.6 Å². The monoisotopic (exact) mass is 620 g/mol. The molecule has 198 valence electrons. The van der Waals surface area contributed by atoms with Crippen LogP contribution in [-0.4, -0.2) is 3.21 Å². The van der Waals surface area contributed by atoms with Crippen LogP contribution in [0.1, 0.15) is 103 Å². The zero-order valence-electron chi connectivity index (χ0n) is 24.6. The average Bonchev–Trinajstić information content (AvgIpc) is 3.42. The van der Waals surface area contributed by atoms with Crippen LogP contribution in [0.15, 0.2) is 54.6 Å². The molecular formula is C35H40Cl2Zr. The molecule has 1 atom stereocenters. The van der Waals surface area contributed by atoms with Gasteiger partial charge in [-0.3, -0.25) is 0 Å². The number of fused-ring (bicyclic) bond motifs is 5. The van der Waals surface area contributed by atoms with Gasteiger partial charge in [-0.2, -0.15) is 0 Å². The minimum atomic E-state index is -2.16. The van der Waals surface area contributed by atoms with Gasteiger partial charge < -0.3 is 24.8 Å². The molecule has 0 aromatic heterocycles. The Labute approximate surface area is 250 Å². The number of halogens is 2. The van der Waals surface area contributed by atoms with Gasteiger partial charge in [0, 0.05) is 0 Å². The predicted molar refractivity (Wildman–Crippen MR) is 154 cm³/mol. The third-order valence-electron chi connectivity index (χ3n) is 9.36. The summed E-state index contributed by atoms with van der Waals surface area (Å²) < 4.78 is 5.27. The third-order valence-corrected chi connectivity index (χ3v) is 18.4. The maximum Gasteiger partial charge on any atom is -1.00 e. The van der Waals surface area contributed by atoms with Gasteiger partial charge in [0.15, 0.2) is 0 Å². The van der Waals surface area contributed by atoms with Crippen molar-refractivity contribution in [1.82, 2.24) is 0 Å². The van der Waals surface area contributed by atoms with Gasteiger partial charge >= 0.3 is 227 Å². The standard InChI is InChI=1S/C25H25.C7H9.C3H6.2ClH.Zr/c1-14-12-24(3,4)22-8-16-7-17-9-23-19(15(2)13-25(23,5)6)11-21(17)20(16)10-18(14)22;1-6-3-4-7(2)5-6;1-3-2;;;/h8-12H,7H2,1-6H3;3,5,7H,1-2H3;1-2H3;2*1H;/q;;;;;+2/p-2. The van der Waals surface area contributed by atoms with Crippen molar-refractivity contribution in [2.75, 3.05) is 0 Å². The molecule has 0 bridgehead atoms. The van der Waals surface area contributed by atoms with Gasteiger partial charge in [-0.15, -0.1) is 0 Å². The molecule has 0 N–H and O–H groups in total. The maximum atomic E-state index is 2.60. The Morgan fingerprint density at radius 1 is 0.816 bits per heavy atom. The normalized spacial score (nSPS) is 20.7. The van der Waals surface area contributed by atoms with Crippen molar-refractivity contribution in [2.45, 2.75) is 86.5 Å². The molecule has 0 saturated heterocycles. The van der Waals surface area contributed by atoms with Crippen LogP contribution >= 0.6 is 0 Å². The van der Waals surface area contributed by atoms with Crippen LogP contribution < -0.4 is 24.8 Å². The molecule has 0 radical (unpaired) electrons. The number of rotatable bonds is 2. The Morgan fingerprint density at radius 2 is 1.39 bits per heavy atom. The second kappa shape index (κ2) is 9.68. The number of hydrogen-bond acceptors (Lipinski definition) is 0. The van der Waals surface area contributed by atoms with E-state index in [1.165, 1.54) is 50.1 Å². The summed E-state index contributed by atoms with van der Waals surface area (Å²) in [5, 5.41) is 0.